The lowest BCUT2D eigenvalue weighted by Gasteiger charge is -1.96. The van der Waals surface area contributed by atoms with Crippen molar-refractivity contribution in [3.05, 3.63) is 35.5 Å². The molecule has 0 amide bonds. The average Bonchev–Trinajstić information content (AvgIpc) is 2.52. The minimum atomic E-state index is 1.22. The van der Waals surface area contributed by atoms with E-state index in [4.69, 9.17) is 0 Å². The number of hydrogen-bond acceptors (Lipinski definition) is 0. The highest BCUT2D eigenvalue weighted by molar-refractivity contribution is 5.36. The highest BCUT2D eigenvalue weighted by Crippen LogP contribution is 2.27. The predicted molar refractivity (Wildman–Crippen MR) is 66.5 cm³/mol. The molecule has 0 bridgehead atoms. The quantitative estimate of drug-likeness (QED) is 0.575. The Balaban J connectivity index is 0.000000500. The van der Waals surface area contributed by atoms with Crippen LogP contribution in [0.25, 0.3) is 0 Å². The summed E-state index contributed by atoms with van der Waals surface area (Å²) in [6.45, 7) is 12.4. The van der Waals surface area contributed by atoms with E-state index in [9.17, 15) is 0 Å². The third-order valence-electron chi connectivity index (χ3n) is 2.01. The third kappa shape index (κ3) is 5.06. The van der Waals surface area contributed by atoms with Gasteiger partial charge in [0.05, 0.1) is 0 Å². The van der Waals surface area contributed by atoms with Crippen LogP contribution in [-0.4, -0.2) is 0 Å². The molecule has 1 aliphatic rings. The van der Waals surface area contributed by atoms with Gasteiger partial charge in [-0.1, -0.05) is 44.6 Å². The Kier molecular flexibility index (Phi) is 7.18. The van der Waals surface area contributed by atoms with Crippen molar-refractivity contribution < 1.29 is 0 Å². The molecule has 0 aromatic rings. The molecule has 0 fully saturated rings. The van der Waals surface area contributed by atoms with Crippen molar-refractivity contribution in [2.75, 3.05) is 0 Å². The van der Waals surface area contributed by atoms with Crippen molar-refractivity contribution in [1.29, 1.82) is 0 Å². The van der Waals surface area contributed by atoms with Crippen LogP contribution in [0, 0.1) is 0 Å². The fourth-order valence-corrected chi connectivity index (χ4v) is 1.54. The highest BCUT2D eigenvalue weighted by atomic mass is 14.1. The zero-order valence-electron chi connectivity index (χ0n) is 10.2. The molecule has 0 aromatic carbocycles. The molecule has 0 heteroatoms. The zero-order chi connectivity index (χ0) is 11.0. The van der Waals surface area contributed by atoms with Crippen molar-refractivity contribution in [3.8, 4) is 0 Å². The maximum Gasteiger partial charge on any atom is -0.0273 e. The second kappa shape index (κ2) is 7.61. The van der Waals surface area contributed by atoms with Gasteiger partial charge in [0, 0.05) is 0 Å². The van der Waals surface area contributed by atoms with Crippen LogP contribution >= 0.6 is 0 Å². The van der Waals surface area contributed by atoms with Gasteiger partial charge in [0.2, 0.25) is 0 Å². The van der Waals surface area contributed by atoms with Gasteiger partial charge >= 0.3 is 0 Å². The topological polar surface area (TPSA) is 0 Å². The molecule has 0 N–H and O–H groups in total. The zero-order valence-corrected chi connectivity index (χ0v) is 10.2. The first-order valence-corrected chi connectivity index (χ1v) is 5.65. The molecule has 0 spiro atoms. The first kappa shape index (κ1) is 13.2. The van der Waals surface area contributed by atoms with Crippen LogP contribution in [0.3, 0.4) is 0 Å². The van der Waals surface area contributed by atoms with Gasteiger partial charge in [0.15, 0.2) is 0 Å². The summed E-state index contributed by atoms with van der Waals surface area (Å²) in [5.74, 6) is 0. The number of allylic oxidation sites excluding steroid dienone is 5. The van der Waals surface area contributed by atoms with E-state index in [1.54, 1.807) is 0 Å². The van der Waals surface area contributed by atoms with Crippen LogP contribution < -0.4 is 0 Å². The Morgan fingerprint density at radius 1 is 1.21 bits per heavy atom. The summed E-state index contributed by atoms with van der Waals surface area (Å²) in [4.78, 5) is 0. The molecule has 0 atom stereocenters. The van der Waals surface area contributed by atoms with Crippen molar-refractivity contribution in [2.24, 2.45) is 0 Å². The summed E-state index contributed by atoms with van der Waals surface area (Å²) in [6.07, 6.45) is 9.31. The summed E-state index contributed by atoms with van der Waals surface area (Å²) in [5.41, 5.74) is 4.34. The molecule has 1 aliphatic carbocycles. The fourth-order valence-electron chi connectivity index (χ4n) is 1.54. The Labute approximate surface area is 89.4 Å². The SMILES string of the molecule is C=CC1=C(C=C(C)C)CCC1.CCC. The van der Waals surface area contributed by atoms with E-state index >= 15 is 0 Å². The Hall–Kier alpha value is -0.780. The molecule has 0 aliphatic heterocycles. The molecule has 0 radical (unpaired) electrons. The van der Waals surface area contributed by atoms with Crippen molar-refractivity contribution >= 4 is 0 Å². The molecule has 0 unspecified atom stereocenters. The maximum absolute atomic E-state index is 3.81. The second-order valence-electron chi connectivity index (χ2n) is 4.04. The van der Waals surface area contributed by atoms with Gasteiger partial charge in [-0.15, -0.1) is 0 Å². The summed E-state index contributed by atoms with van der Waals surface area (Å²) >= 11 is 0. The Bertz CT molecular complexity index is 224. The van der Waals surface area contributed by atoms with Crippen LogP contribution in [0.5, 0.6) is 0 Å². The van der Waals surface area contributed by atoms with Gasteiger partial charge in [-0.05, 0) is 44.3 Å². The molecule has 0 saturated heterocycles. The first-order chi connectivity index (χ1) is 6.65. The van der Waals surface area contributed by atoms with E-state index in [-0.39, 0.29) is 0 Å². The van der Waals surface area contributed by atoms with Crippen LogP contribution in [0.15, 0.2) is 35.5 Å². The monoisotopic (exact) mass is 192 g/mol. The van der Waals surface area contributed by atoms with Gasteiger partial charge in [0.25, 0.3) is 0 Å². The molecular formula is C14H24. The first-order valence-electron chi connectivity index (χ1n) is 5.65. The fraction of sp³-hybridized carbons (Fsp3) is 0.571. The van der Waals surface area contributed by atoms with Crippen LogP contribution in [0.1, 0.15) is 53.4 Å². The summed E-state index contributed by atoms with van der Waals surface area (Å²) in [6, 6.07) is 0. The second-order valence-corrected chi connectivity index (χ2v) is 4.04. The normalized spacial score (nSPS) is 14.6. The summed E-state index contributed by atoms with van der Waals surface area (Å²) in [5, 5.41) is 0. The summed E-state index contributed by atoms with van der Waals surface area (Å²) < 4.78 is 0. The van der Waals surface area contributed by atoms with Gasteiger partial charge in [-0.2, -0.15) is 0 Å². The molecular weight excluding hydrogens is 168 g/mol. The minimum Gasteiger partial charge on any atom is -0.0988 e. The van der Waals surface area contributed by atoms with E-state index in [2.05, 4.69) is 40.3 Å². The lowest BCUT2D eigenvalue weighted by molar-refractivity contribution is 0.906. The molecule has 0 aromatic heterocycles. The van der Waals surface area contributed by atoms with Gasteiger partial charge in [-0.25, -0.2) is 0 Å². The standard InChI is InChI=1S/C11H16.C3H8/c1-4-10-6-5-7-11(10)8-9(2)3;1-3-2/h4,8H,1,5-7H2,2-3H3;3H2,1-2H3. The largest absolute Gasteiger partial charge is 0.0988 e. The third-order valence-corrected chi connectivity index (χ3v) is 2.01. The van der Waals surface area contributed by atoms with E-state index < -0.39 is 0 Å². The average molecular weight is 192 g/mol. The lowest BCUT2D eigenvalue weighted by Crippen LogP contribution is -1.76. The predicted octanol–water partition coefficient (Wildman–Crippen LogP) is 5.04. The molecule has 1 rings (SSSR count). The minimum absolute atomic E-state index is 1.22. The van der Waals surface area contributed by atoms with E-state index in [0.717, 1.165) is 0 Å². The Morgan fingerprint density at radius 3 is 2.14 bits per heavy atom. The van der Waals surface area contributed by atoms with Crippen molar-refractivity contribution in [3.63, 3.8) is 0 Å². The van der Waals surface area contributed by atoms with Crippen molar-refractivity contribution in [2.45, 2.75) is 53.4 Å². The van der Waals surface area contributed by atoms with E-state index in [1.165, 1.54) is 42.4 Å². The highest BCUT2D eigenvalue weighted by Gasteiger charge is 2.08. The molecule has 14 heavy (non-hydrogen) atoms. The molecule has 0 saturated carbocycles. The maximum atomic E-state index is 3.81. The van der Waals surface area contributed by atoms with Gasteiger partial charge in [-0.3, -0.25) is 0 Å². The van der Waals surface area contributed by atoms with E-state index in [0.29, 0.717) is 0 Å². The van der Waals surface area contributed by atoms with Crippen LogP contribution in [-0.2, 0) is 0 Å². The molecule has 80 valence electrons. The Morgan fingerprint density at radius 2 is 1.71 bits per heavy atom. The van der Waals surface area contributed by atoms with E-state index in [1.807, 2.05) is 6.08 Å². The summed E-state index contributed by atoms with van der Waals surface area (Å²) in [7, 11) is 0. The molecule has 0 nitrogen and oxygen atoms in total. The lowest BCUT2D eigenvalue weighted by atomic mass is 10.1. The smallest absolute Gasteiger partial charge is 0.0273 e. The molecule has 0 heterocycles. The van der Waals surface area contributed by atoms with Crippen LogP contribution in [0.2, 0.25) is 0 Å². The van der Waals surface area contributed by atoms with Gasteiger partial charge < -0.3 is 0 Å². The number of rotatable bonds is 2. The van der Waals surface area contributed by atoms with Crippen LogP contribution in [0.4, 0.5) is 0 Å². The number of hydrogen-bond donors (Lipinski definition) is 0. The van der Waals surface area contributed by atoms with Crippen molar-refractivity contribution in [1.82, 2.24) is 0 Å². The van der Waals surface area contributed by atoms with Gasteiger partial charge in [0.1, 0.15) is 0 Å².